The highest BCUT2D eigenvalue weighted by molar-refractivity contribution is 7.14. The molecule has 0 fully saturated rings. The topological polar surface area (TPSA) is 96.3 Å². The van der Waals surface area contributed by atoms with E-state index in [-0.39, 0.29) is 23.3 Å². The van der Waals surface area contributed by atoms with E-state index >= 15 is 0 Å². The molecule has 2 heterocycles. The molecule has 0 saturated carbocycles. The van der Waals surface area contributed by atoms with Crippen molar-refractivity contribution in [3.05, 3.63) is 65.3 Å². The molecule has 128 valence electrons. The fourth-order valence-electron chi connectivity index (χ4n) is 1.90. The number of thiazole rings is 1. The molecule has 2 aromatic heterocycles. The molecule has 0 atom stereocenters. The van der Waals surface area contributed by atoms with Crippen molar-refractivity contribution in [3.8, 4) is 0 Å². The lowest BCUT2D eigenvalue weighted by Gasteiger charge is -2.05. The molecule has 0 aliphatic carbocycles. The van der Waals surface area contributed by atoms with Crippen LogP contribution in [0.15, 0.2) is 52.5 Å². The molecule has 0 bridgehead atoms. The van der Waals surface area contributed by atoms with E-state index in [1.54, 1.807) is 12.1 Å². The Labute approximate surface area is 145 Å². The van der Waals surface area contributed by atoms with Gasteiger partial charge in [-0.25, -0.2) is 14.2 Å². The van der Waals surface area contributed by atoms with E-state index in [1.807, 2.05) is 0 Å². The van der Waals surface area contributed by atoms with Crippen LogP contribution in [0.25, 0.3) is 0 Å². The van der Waals surface area contributed by atoms with Crippen molar-refractivity contribution in [1.29, 1.82) is 0 Å². The molecular weight excluding hydrogens is 347 g/mol. The second-order valence-corrected chi connectivity index (χ2v) is 5.74. The predicted molar refractivity (Wildman–Crippen MR) is 91.0 cm³/mol. The average Bonchev–Trinajstić information content (AvgIpc) is 3.26. The first-order valence-electron chi connectivity index (χ1n) is 7.20. The van der Waals surface area contributed by atoms with Crippen molar-refractivity contribution >= 4 is 34.1 Å². The monoisotopic (exact) mass is 360 g/mol. The molecule has 1 aromatic carbocycles. The Bertz CT molecular complexity index is 862. The summed E-state index contributed by atoms with van der Waals surface area (Å²) in [5.41, 5.74) is 0.625. The molecular formula is C16H13FN4O3S. The number of hydrogen-bond donors (Lipinski definition) is 3. The van der Waals surface area contributed by atoms with Crippen molar-refractivity contribution in [2.75, 3.05) is 10.6 Å². The summed E-state index contributed by atoms with van der Waals surface area (Å²) < 4.78 is 17.9. The molecule has 3 rings (SSSR count). The highest BCUT2D eigenvalue weighted by atomic mass is 32.1. The van der Waals surface area contributed by atoms with Crippen molar-refractivity contribution in [2.45, 2.75) is 6.54 Å². The normalized spacial score (nSPS) is 10.3. The fraction of sp³-hybridized carbons (Fsp3) is 0.0625. The Balaban J connectivity index is 1.52. The maximum absolute atomic E-state index is 12.8. The van der Waals surface area contributed by atoms with Crippen molar-refractivity contribution in [3.63, 3.8) is 0 Å². The Morgan fingerprint density at radius 2 is 1.96 bits per heavy atom. The minimum atomic E-state index is -0.538. The van der Waals surface area contributed by atoms with Gasteiger partial charge in [-0.15, -0.1) is 11.3 Å². The standard InChI is InChI=1S/C16H13FN4O3S/c17-10-3-5-11(6-4-10)19-15(23)21-16-20-13(9-25-16)14(22)18-8-12-2-1-7-24-12/h1-7,9H,8H2,(H,18,22)(H2,19,20,21,23). The zero-order chi connectivity index (χ0) is 17.6. The van der Waals surface area contributed by atoms with Gasteiger partial charge in [0.25, 0.3) is 5.91 Å². The summed E-state index contributed by atoms with van der Waals surface area (Å²) >= 11 is 1.12. The number of urea groups is 1. The smallest absolute Gasteiger partial charge is 0.325 e. The first-order chi connectivity index (χ1) is 12.1. The van der Waals surface area contributed by atoms with Gasteiger partial charge < -0.3 is 15.1 Å². The van der Waals surface area contributed by atoms with Crippen LogP contribution >= 0.6 is 11.3 Å². The number of benzene rings is 1. The summed E-state index contributed by atoms with van der Waals surface area (Å²) in [5.74, 6) is -0.142. The molecule has 0 radical (unpaired) electrons. The molecule has 7 nitrogen and oxygen atoms in total. The Morgan fingerprint density at radius 1 is 1.16 bits per heavy atom. The van der Waals surface area contributed by atoms with Gasteiger partial charge in [0.2, 0.25) is 0 Å². The van der Waals surface area contributed by atoms with E-state index in [9.17, 15) is 14.0 Å². The third kappa shape index (κ3) is 4.64. The van der Waals surface area contributed by atoms with E-state index in [4.69, 9.17) is 4.42 Å². The maximum Gasteiger partial charge on any atom is 0.325 e. The summed E-state index contributed by atoms with van der Waals surface area (Å²) in [6, 6.07) is 8.28. The van der Waals surface area contributed by atoms with E-state index in [2.05, 4.69) is 20.9 Å². The molecule has 3 N–H and O–H groups in total. The van der Waals surface area contributed by atoms with Crippen LogP contribution in [0.5, 0.6) is 0 Å². The molecule has 0 saturated heterocycles. The highest BCUT2D eigenvalue weighted by Gasteiger charge is 2.12. The Hall–Kier alpha value is -3.20. The van der Waals surface area contributed by atoms with Crippen molar-refractivity contribution in [1.82, 2.24) is 10.3 Å². The SMILES string of the molecule is O=C(Nc1ccc(F)cc1)Nc1nc(C(=O)NCc2ccco2)cs1. The molecule has 3 aromatic rings. The Kier molecular flexibility index (Phi) is 5.05. The summed E-state index contributed by atoms with van der Waals surface area (Å²) in [7, 11) is 0. The number of carbonyl (C=O) groups excluding carboxylic acids is 2. The molecule has 25 heavy (non-hydrogen) atoms. The fourth-order valence-corrected chi connectivity index (χ4v) is 2.58. The minimum absolute atomic E-state index is 0.189. The number of carbonyl (C=O) groups is 2. The number of hydrogen-bond acceptors (Lipinski definition) is 5. The number of halogens is 1. The highest BCUT2D eigenvalue weighted by Crippen LogP contribution is 2.16. The average molecular weight is 360 g/mol. The van der Waals surface area contributed by atoms with Crippen LogP contribution in [0.2, 0.25) is 0 Å². The summed E-state index contributed by atoms with van der Waals surface area (Å²) in [4.78, 5) is 27.9. The van der Waals surface area contributed by atoms with Crippen LogP contribution in [-0.4, -0.2) is 16.9 Å². The van der Waals surface area contributed by atoms with Crippen molar-refractivity contribution in [2.24, 2.45) is 0 Å². The third-order valence-electron chi connectivity index (χ3n) is 3.06. The molecule has 0 aliphatic heterocycles. The maximum atomic E-state index is 12.8. The lowest BCUT2D eigenvalue weighted by molar-refractivity contribution is 0.0944. The second-order valence-electron chi connectivity index (χ2n) is 4.89. The van der Waals surface area contributed by atoms with E-state index in [0.717, 1.165) is 11.3 Å². The number of anilines is 2. The van der Waals surface area contributed by atoms with Gasteiger partial charge in [-0.1, -0.05) is 0 Å². The van der Waals surface area contributed by atoms with Crippen LogP contribution in [0.4, 0.5) is 20.0 Å². The Morgan fingerprint density at radius 3 is 2.68 bits per heavy atom. The zero-order valence-corrected chi connectivity index (χ0v) is 13.6. The van der Waals surface area contributed by atoms with Gasteiger partial charge >= 0.3 is 6.03 Å². The van der Waals surface area contributed by atoms with Crippen molar-refractivity contribution < 1.29 is 18.4 Å². The predicted octanol–water partition coefficient (Wildman–Crippen LogP) is 3.45. The third-order valence-corrected chi connectivity index (χ3v) is 3.82. The van der Waals surface area contributed by atoms with Gasteiger partial charge in [0, 0.05) is 11.1 Å². The number of rotatable bonds is 5. The van der Waals surface area contributed by atoms with Gasteiger partial charge in [0.15, 0.2) is 5.13 Å². The van der Waals surface area contributed by atoms with E-state index in [0.29, 0.717) is 11.4 Å². The largest absolute Gasteiger partial charge is 0.467 e. The van der Waals surface area contributed by atoms with Gasteiger partial charge in [-0.3, -0.25) is 10.1 Å². The summed E-state index contributed by atoms with van der Waals surface area (Å²) in [5, 5.41) is 9.51. The lowest BCUT2D eigenvalue weighted by atomic mass is 10.3. The van der Waals surface area contributed by atoms with Crippen LogP contribution in [-0.2, 0) is 6.54 Å². The summed E-state index contributed by atoms with van der Waals surface area (Å²) in [6.45, 7) is 0.247. The second kappa shape index (κ2) is 7.58. The van der Waals surface area contributed by atoms with Crippen LogP contribution in [0.3, 0.4) is 0 Å². The van der Waals surface area contributed by atoms with E-state index < -0.39 is 11.8 Å². The molecule has 0 aliphatic rings. The quantitative estimate of drug-likeness (QED) is 0.649. The van der Waals surface area contributed by atoms with Crippen LogP contribution in [0.1, 0.15) is 16.2 Å². The van der Waals surface area contributed by atoms with Crippen LogP contribution < -0.4 is 16.0 Å². The van der Waals surface area contributed by atoms with Crippen LogP contribution in [0, 0.1) is 5.82 Å². The van der Waals surface area contributed by atoms with Gasteiger partial charge in [-0.05, 0) is 36.4 Å². The van der Waals surface area contributed by atoms with E-state index in [1.165, 1.54) is 35.9 Å². The molecule has 0 spiro atoms. The molecule has 0 unspecified atom stereocenters. The number of aromatic nitrogens is 1. The van der Waals surface area contributed by atoms with Gasteiger partial charge in [0.1, 0.15) is 17.3 Å². The number of nitrogens with one attached hydrogen (secondary N) is 3. The van der Waals surface area contributed by atoms with Gasteiger partial charge in [-0.2, -0.15) is 0 Å². The number of furan rings is 1. The summed E-state index contributed by atoms with van der Waals surface area (Å²) in [6.07, 6.45) is 1.52. The molecule has 9 heteroatoms. The van der Waals surface area contributed by atoms with Gasteiger partial charge in [0.05, 0.1) is 12.8 Å². The molecule has 3 amide bonds. The minimum Gasteiger partial charge on any atom is -0.467 e. The zero-order valence-electron chi connectivity index (χ0n) is 12.8. The number of amides is 3. The number of nitrogens with zero attached hydrogens (tertiary/aromatic N) is 1. The first-order valence-corrected chi connectivity index (χ1v) is 8.08. The first kappa shape index (κ1) is 16.7. The lowest BCUT2D eigenvalue weighted by Crippen LogP contribution is -2.23.